The van der Waals surface area contributed by atoms with Gasteiger partial charge in [0.2, 0.25) is 5.95 Å². The number of carbonyl (C=O) groups excluding carboxylic acids is 1. The fourth-order valence-electron chi connectivity index (χ4n) is 1.31. The molecule has 0 fully saturated rings. The summed E-state index contributed by atoms with van der Waals surface area (Å²) >= 11 is 0. The first-order valence-electron chi connectivity index (χ1n) is 5.88. The molecule has 1 aromatic rings. The molecule has 0 aliphatic heterocycles. The van der Waals surface area contributed by atoms with Gasteiger partial charge in [0, 0.05) is 6.20 Å². The highest BCUT2D eigenvalue weighted by Crippen LogP contribution is 2.16. The van der Waals surface area contributed by atoms with E-state index in [1.807, 2.05) is 0 Å². The van der Waals surface area contributed by atoms with Crippen LogP contribution in [0.3, 0.4) is 0 Å². The average Bonchev–Trinajstić information content (AvgIpc) is 2.37. The second-order valence-corrected chi connectivity index (χ2v) is 3.86. The third-order valence-electron chi connectivity index (χ3n) is 2.25. The first kappa shape index (κ1) is 16.4. The molecule has 0 saturated heterocycles. The Morgan fingerprint density at radius 1 is 1.15 bits per heavy atom. The van der Waals surface area contributed by atoms with Crippen LogP contribution in [-0.2, 0) is 9.47 Å². The number of unbranched alkanes of at least 4 members (excludes halogenated alkanes) is 2. The summed E-state index contributed by atoms with van der Waals surface area (Å²) in [5, 5.41) is 0. The number of aromatic nitrogens is 1. The van der Waals surface area contributed by atoms with Crippen molar-refractivity contribution in [2.24, 2.45) is 0 Å². The molecule has 20 heavy (non-hydrogen) atoms. The lowest BCUT2D eigenvalue weighted by molar-refractivity contribution is -0.324. The van der Waals surface area contributed by atoms with E-state index in [1.165, 1.54) is 6.07 Å². The van der Waals surface area contributed by atoms with E-state index in [9.17, 15) is 22.4 Å². The van der Waals surface area contributed by atoms with Crippen LogP contribution in [0, 0.1) is 5.95 Å². The molecule has 0 spiro atoms. The Labute approximate surface area is 112 Å². The molecule has 0 amide bonds. The van der Waals surface area contributed by atoms with Crippen molar-refractivity contribution in [1.82, 2.24) is 4.98 Å². The maximum absolute atomic E-state index is 12.5. The van der Waals surface area contributed by atoms with Crippen molar-refractivity contribution in [3.05, 3.63) is 29.8 Å². The van der Waals surface area contributed by atoms with E-state index >= 15 is 0 Å². The minimum absolute atomic E-state index is 0.0717. The van der Waals surface area contributed by atoms with Crippen LogP contribution in [0.5, 0.6) is 0 Å². The predicted octanol–water partition coefficient (Wildman–Crippen LogP) is 3.08. The summed E-state index contributed by atoms with van der Waals surface area (Å²) in [5.41, 5.74) is 0.117. The highest BCUT2D eigenvalue weighted by atomic mass is 19.4. The Hall–Kier alpha value is -1.70. The summed E-state index contributed by atoms with van der Waals surface area (Å²) in [6, 6.07) is 2.27. The number of alkyl halides is 3. The normalized spacial score (nSPS) is 11.4. The first-order chi connectivity index (χ1) is 9.38. The van der Waals surface area contributed by atoms with Gasteiger partial charge in [-0.05, 0) is 31.4 Å². The van der Waals surface area contributed by atoms with Crippen molar-refractivity contribution < 1.29 is 31.8 Å². The minimum Gasteiger partial charge on any atom is -0.462 e. The maximum atomic E-state index is 12.5. The lowest BCUT2D eigenvalue weighted by atomic mass is 10.2. The van der Waals surface area contributed by atoms with E-state index < -0.39 is 24.9 Å². The molecule has 0 bridgehead atoms. The zero-order chi connectivity index (χ0) is 15.0. The van der Waals surface area contributed by atoms with Crippen LogP contribution in [0.25, 0.3) is 0 Å². The lowest BCUT2D eigenvalue weighted by Gasteiger charge is -2.07. The third-order valence-corrected chi connectivity index (χ3v) is 2.25. The molecule has 0 saturated carbocycles. The quantitative estimate of drug-likeness (QED) is 0.336. The van der Waals surface area contributed by atoms with Crippen molar-refractivity contribution in [1.29, 1.82) is 0 Å². The Morgan fingerprint density at radius 2 is 1.85 bits per heavy atom. The summed E-state index contributed by atoms with van der Waals surface area (Å²) in [7, 11) is 0. The molecule has 0 atom stereocenters. The number of nitrogens with zero attached hydrogens (tertiary/aromatic N) is 1. The van der Waals surface area contributed by atoms with Crippen LogP contribution in [0.1, 0.15) is 29.6 Å². The maximum Gasteiger partial charge on any atom is 0.522 e. The van der Waals surface area contributed by atoms with E-state index in [-0.39, 0.29) is 18.6 Å². The molecule has 0 aliphatic carbocycles. The van der Waals surface area contributed by atoms with E-state index in [0.717, 1.165) is 12.3 Å². The van der Waals surface area contributed by atoms with Gasteiger partial charge in [0.25, 0.3) is 0 Å². The number of hydrogen-bond donors (Lipinski definition) is 0. The smallest absolute Gasteiger partial charge is 0.462 e. The van der Waals surface area contributed by atoms with Crippen molar-refractivity contribution in [3.63, 3.8) is 0 Å². The van der Waals surface area contributed by atoms with Gasteiger partial charge in [0.1, 0.15) is 0 Å². The molecule has 112 valence electrons. The second-order valence-electron chi connectivity index (χ2n) is 3.86. The molecule has 4 nitrogen and oxygen atoms in total. The van der Waals surface area contributed by atoms with Gasteiger partial charge in [0.05, 0.1) is 18.8 Å². The van der Waals surface area contributed by atoms with Gasteiger partial charge in [-0.3, -0.25) is 4.74 Å². The second kappa shape index (κ2) is 7.78. The van der Waals surface area contributed by atoms with Crippen LogP contribution >= 0.6 is 0 Å². The molecule has 0 unspecified atom stereocenters. The van der Waals surface area contributed by atoms with Crippen LogP contribution < -0.4 is 0 Å². The van der Waals surface area contributed by atoms with E-state index in [2.05, 4.69) is 9.72 Å². The number of pyridine rings is 1. The summed E-state index contributed by atoms with van der Waals surface area (Å²) in [4.78, 5) is 14.7. The first-order valence-corrected chi connectivity index (χ1v) is 5.88. The molecule has 0 aromatic carbocycles. The van der Waals surface area contributed by atoms with Gasteiger partial charge >= 0.3 is 12.3 Å². The molecule has 1 aromatic heterocycles. The minimum atomic E-state index is -4.61. The predicted molar refractivity (Wildman–Crippen MR) is 60.3 cm³/mol. The van der Waals surface area contributed by atoms with Crippen molar-refractivity contribution in [2.75, 3.05) is 13.2 Å². The van der Waals surface area contributed by atoms with Crippen LogP contribution in [0.15, 0.2) is 18.3 Å². The lowest BCUT2D eigenvalue weighted by Crippen LogP contribution is -2.14. The van der Waals surface area contributed by atoms with Crippen molar-refractivity contribution in [3.8, 4) is 0 Å². The number of esters is 1. The number of halogens is 4. The standard InChI is InChI=1S/C12H13F4NO3/c13-10-5-4-9(8-17-10)11(18)19-6-2-1-3-7-20-12(14,15)16/h4-5,8H,1-3,6-7H2. The number of hydrogen-bond acceptors (Lipinski definition) is 4. The molecule has 1 heterocycles. The molecule has 8 heteroatoms. The summed E-state index contributed by atoms with van der Waals surface area (Å²) < 4.78 is 55.8. The fraction of sp³-hybridized carbons (Fsp3) is 0.500. The SMILES string of the molecule is O=C(OCCCCCOC(F)(F)F)c1ccc(F)nc1. The number of ether oxygens (including phenoxy) is 2. The average molecular weight is 295 g/mol. The number of carbonyl (C=O) groups is 1. The molecule has 1 rings (SSSR count). The topological polar surface area (TPSA) is 48.4 Å². The van der Waals surface area contributed by atoms with Gasteiger partial charge < -0.3 is 4.74 Å². The largest absolute Gasteiger partial charge is 0.522 e. The van der Waals surface area contributed by atoms with E-state index in [1.54, 1.807) is 0 Å². The van der Waals surface area contributed by atoms with Gasteiger partial charge in [-0.15, -0.1) is 13.2 Å². The van der Waals surface area contributed by atoms with Crippen molar-refractivity contribution in [2.45, 2.75) is 25.6 Å². The van der Waals surface area contributed by atoms with Gasteiger partial charge in [-0.25, -0.2) is 9.78 Å². The Balaban J connectivity index is 2.09. The molecular weight excluding hydrogens is 282 g/mol. The van der Waals surface area contributed by atoms with Crippen LogP contribution in [0.4, 0.5) is 17.6 Å². The molecule has 0 N–H and O–H groups in total. The monoisotopic (exact) mass is 295 g/mol. The summed E-state index contributed by atoms with van der Waals surface area (Å²) in [6.07, 6.45) is -2.49. The van der Waals surface area contributed by atoms with Gasteiger partial charge in [-0.2, -0.15) is 4.39 Å². The summed E-state index contributed by atoms with van der Waals surface area (Å²) in [6.45, 7) is -0.346. The van der Waals surface area contributed by atoms with Crippen molar-refractivity contribution >= 4 is 5.97 Å². The van der Waals surface area contributed by atoms with Crippen LogP contribution in [-0.4, -0.2) is 30.5 Å². The van der Waals surface area contributed by atoms with Crippen LogP contribution in [0.2, 0.25) is 0 Å². The van der Waals surface area contributed by atoms with E-state index in [0.29, 0.717) is 12.8 Å². The zero-order valence-electron chi connectivity index (χ0n) is 10.5. The Morgan fingerprint density at radius 3 is 2.45 bits per heavy atom. The third kappa shape index (κ3) is 7.03. The Bertz CT molecular complexity index is 420. The highest BCUT2D eigenvalue weighted by molar-refractivity contribution is 5.88. The van der Waals surface area contributed by atoms with E-state index in [4.69, 9.17) is 4.74 Å². The Kier molecular flexibility index (Phi) is 6.37. The van der Waals surface area contributed by atoms with Gasteiger partial charge in [-0.1, -0.05) is 0 Å². The molecule has 0 radical (unpaired) electrons. The summed E-state index contributed by atoms with van der Waals surface area (Å²) in [5.74, 6) is -1.35. The fourth-order valence-corrected chi connectivity index (χ4v) is 1.31. The number of rotatable bonds is 7. The van der Waals surface area contributed by atoms with Gasteiger partial charge in [0.15, 0.2) is 0 Å². The zero-order valence-corrected chi connectivity index (χ0v) is 10.5. The highest BCUT2D eigenvalue weighted by Gasteiger charge is 2.28. The molecular formula is C12H13F4NO3. The molecule has 0 aliphatic rings.